The van der Waals surface area contributed by atoms with E-state index in [0.29, 0.717) is 17.9 Å². The molecule has 0 unspecified atom stereocenters. The lowest BCUT2D eigenvalue weighted by molar-refractivity contribution is 0.0697. The Morgan fingerprint density at radius 1 is 1.45 bits per heavy atom. The van der Waals surface area contributed by atoms with Gasteiger partial charge in [0.2, 0.25) is 0 Å². The molecule has 1 aliphatic carbocycles. The molecule has 2 rings (SSSR count). The molecule has 5 heteroatoms. The lowest BCUT2D eigenvalue weighted by Gasteiger charge is -2.24. The first-order valence-corrected chi connectivity index (χ1v) is 8.20. The fourth-order valence-electron chi connectivity index (χ4n) is 2.30. The van der Waals surface area contributed by atoms with Gasteiger partial charge in [-0.15, -0.1) is 0 Å². The van der Waals surface area contributed by atoms with Crippen LogP contribution in [0.25, 0.3) is 0 Å². The maximum Gasteiger partial charge on any atom is 0.339 e. The third-order valence-electron chi connectivity index (χ3n) is 3.77. The fourth-order valence-corrected chi connectivity index (χ4v) is 2.52. The molecular weight excluding hydrogens is 272 g/mol. The Bertz CT molecular complexity index is 515. The summed E-state index contributed by atoms with van der Waals surface area (Å²) in [5, 5.41) is 12.6. The number of rotatable bonds is 5. The molecule has 0 aliphatic heterocycles. The van der Waals surface area contributed by atoms with Crippen molar-refractivity contribution in [1.82, 2.24) is 4.98 Å². The van der Waals surface area contributed by atoms with Crippen molar-refractivity contribution in [2.75, 3.05) is 18.1 Å². The summed E-state index contributed by atoms with van der Waals surface area (Å²) in [4.78, 5) is 16.0. The molecule has 0 aromatic carbocycles. The molecule has 20 heavy (non-hydrogen) atoms. The van der Waals surface area contributed by atoms with Crippen LogP contribution in [0.5, 0.6) is 0 Å². The van der Waals surface area contributed by atoms with Crippen LogP contribution in [0.1, 0.15) is 48.3 Å². The van der Waals surface area contributed by atoms with Crippen molar-refractivity contribution in [2.45, 2.75) is 44.3 Å². The second-order valence-corrected chi connectivity index (χ2v) is 7.33. The Hall–Kier alpha value is -1.23. The Labute approximate surface area is 124 Å². The van der Waals surface area contributed by atoms with E-state index in [1.165, 1.54) is 0 Å². The molecule has 0 fully saturated rings. The summed E-state index contributed by atoms with van der Waals surface area (Å²) in [5.41, 5.74) is 2.46. The van der Waals surface area contributed by atoms with E-state index in [4.69, 9.17) is 0 Å². The third kappa shape index (κ3) is 3.45. The predicted octanol–water partition coefficient (Wildman–Crippen LogP) is 3.21. The van der Waals surface area contributed by atoms with Crippen LogP contribution in [0.15, 0.2) is 6.07 Å². The monoisotopic (exact) mass is 294 g/mol. The molecular formula is C15H22N2O2S. The Morgan fingerprint density at radius 3 is 2.80 bits per heavy atom. The Balaban J connectivity index is 2.28. The minimum absolute atomic E-state index is 0.0490. The van der Waals surface area contributed by atoms with E-state index in [1.807, 2.05) is 0 Å². The van der Waals surface area contributed by atoms with Crippen LogP contribution in [0.2, 0.25) is 0 Å². The number of hydrogen-bond acceptors (Lipinski definition) is 4. The van der Waals surface area contributed by atoms with Gasteiger partial charge in [0.05, 0.1) is 0 Å². The van der Waals surface area contributed by atoms with Crippen LogP contribution in [-0.2, 0) is 12.8 Å². The number of thioether (sulfide) groups is 1. The molecule has 0 bridgehead atoms. The quantitative estimate of drug-likeness (QED) is 0.873. The van der Waals surface area contributed by atoms with Crippen LogP contribution < -0.4 is 5.32 Å². The van der Waals surface area contributed by atoms with Crippen molar-refractivity contribution in [3.8, 4) is 0 Å². The second-order valence-electron chi connectivity index (χ2n) is 5.82. The maximum absolute atomic E-state index is 11.4. The zero-order valence-electron chi connectivity index (χ0n) is 12.3. The summed E-state index contributed by atoms with van der Waals surface area (Å²) in [5.74, 6) is -0.393. The van der Waals surface area contributed by atoms with Gasteiger partial charge in [0, 0.05) is 17.0 Å². The number of carboxylic acid groups (broad SMARTS) is 1. The molecule has 1 aromatic heterocycles. The second kappa shape index (κ2) is 6.04. The molecule has 0 amide bonds. The highest BCUT2D eigenvalue weighted by molar-refractivity contribution is 7.99. The van der Waals surface area contributed by atoms with Gasteiger partial charge in [-0.3, -0.25) is 0 Å². The molecule has 1 aliphatic rings. The zero-order chi connectivity index (χ0) is 14.8. The lowest BCUT2D eigenvalue weighted by Crippen LogP contribution is -2.27. The molecule has 0 radical (unpaired) electrons. The summed E-state index contributed by atoms with van der Waals surface area (Å²) in [6, 6.07) is 1.80. The number of nitrogens with one attached hydrogen (secondary N) is 1. The van der Waals surface area contributed by atoms with Crippen molar-refractivity contribution in [2.24, 2.45) is 0 Å². The summed E-state index contributed by atoms with van der Waals surface area (Å²) in [6.07, 6.45) is 6.22. The van der Waals surface area contributed by atoms with Gasteiger partial charge in [-0.1, -0.05) is 0 Å². The summed E-state index contributed by atoms with van der Waals surface area (Å²) in [6.45, 7) is 4.95. The van der Waals surface area contributed by atoms with E-state index in [2.05, 4.69) is 30.4 Å². The van der Waals surface area contributed by atoms with Gasteiger partial charge in [-0.25, -0.2) is 9.78 Å². The van der Waals surface area contributed by atoms with E-state index < -0.39 is 5.97 Å². The molecule has 0 saturated carbocycles. The molecule has 110 valence electrons. The number of hydrogen-bond donors (Lipinski definition) is 2. The van der Waals surface area contributed by atoms with Gasteiger partial charge < -0.3 is 10.4 Å². The van der Waals surface area contributed by atoms with Crippen LogP contribution in [-0.4, -0.2) is 33.6 Å². The van der Waals surface area contributed by atoms with Gasteiger partial charge >= 0.3 is 5.97 Å². The van der Waals surface area contributed by atoms with Gasteiger partial charge in [0.15, 0.2) is 0 Å². The molecule has 4 nitrogen and oxygen atoms in total. The standard InChI is InChI=1S/C15H22N2O2S/c1-15(2,20-3)9-16-13-11(14(18)19)8-10-6-4-5-7-12(10)17-13/h8H,4-7,9H2,1-3H3,(H,16,17)(H,18,19). The van der Waals surface area contributed by atoms with Gasteiger partial charge in [-0.2, -0.15) is 11.8 Å². The van der Waals surface area contributed by atoms with E-state index in [-0.39, 0.29) is 4.75 Å². The van der Waals surface area contributed by atoms with Crippen molar-refractivity contribution >= 4 is 23.5 Å². The summed E-state index contributed by atoms with van der Waals surface area (Å²) in [7, 11) is 0. The third-order valence-corrected chi connectivity index (χ3v) is 5.01. The highest BCUT2D eigenvalue weighted by Gasteiger charge is 2.21. The SMILES string of the molecule is CSC(C)(C)CNc1nc2c(cc1C(=O)O)CCCC2. The largest absolute Gasteiger partial charge is 0.478 e. The van der Waals surface area contributed by atoms with E-state index in [9.17, 15) is 9.90 Å². The smallest absolute Gasteiger partial charge is 0.339 e. The number of carbonyl (C=O) groups is 1. The molecule has 2 N–H and O–H groups in total. The van der Waals surface area contributed by atoms with Crippen LogP contribution >= 0.6 is 11.8 Å². The summed E-state index contributed by atoms with van der Waals surface area (Å²) >= 11 is 1.75. The van der Waals surface area contributed by atoms with Crippen molar-refractivity contribution < 1.29 is 9.90 Å². The topological polar surface area (TPSA) is 62.2 Å². The zero-order valence-corrected chi connectivity index (χ0v) is 13.1. The van der Waals surface area contributed by atoms with E-state index in [1.54, 1.807) is 17.8 Å². The average Bonchev–Trinajstić information content (AvgIpc) is 2.44. The fraction of sp³-hybridized carbons (Fsp3) is 0.600. The first kappa shape index (κ1) is 15.2. The Kier molecular flexibility index (Phi) is 4.58. The normalized spacial score (nSPS) is 14.8. The number of nitrogens with zero attached hydrogens (tertiary/aromatic N) is 1. The minimum atomic E-state index is -0.907. The lowest BCUT2D eigenvalue weighted by atomic mass is 9.94. The van der Waals surface area contributed by atoms with Gasteiger partial charge in [-0.05, 0) is 57.4 Å². The van der Waals surface area contributed by atoms with Gasteiger partial charge in [0.25, 0.3) is 0 Å². The molecule has 0 spiro atoms. The van der Waals surface area contributed by atoms with Crippen molar-refractivity contribution in [1.29, 1.82) is 0 Å². The first-order chi connectivity index (χ1) is 9.43. The Morgan fingerprint density at radius 2 is 2.15 bits per heavy atom. The van der Waals surface area contributed by atoms with Crippen molar-refractivity contribution in [3.05, 3.63) is 22.9 Å². The van der Waals surface area contributed by atoms with E-state index >= 15 is 0 Å². The number of aromatic nitrogens is 1. The minimum Gasteiger partial charge on any atom is -0.478 e. The van der Waals surface area contributed by atoms with E-state index in [0.717, 1.165) is 36.9 Å². The van der Waals surface area contributed by atoms with Crippen LogP contribution in [0.3, 0.4) is 0 Å². The summed E-state index contributed by atoms with van der Waals surface area (Å²) < 4.78 is 0.0490. The predicted molar refractivity (Wildman–Crippen MR) is 83.9 cm³/mol. The average molecular weight is 294 g/mol. The number of aryl methyl sites for hydroxylation is 2. The van der Waals surface area contributed by atoms with Crippen LogP contribution in [0.4, 0.5) is 5.82 Å². The number of fused-ring (bicyclic) bond motifs is 1. The van der Waals surface area contributed by atoms with Gasteiger partial charge in [0.1, 0.15) is 11.4 Å². The molecule has 1 aromatic rings. The first-order valence-electron chi connectivity index (χ1n) is 6.98. The number of pyridine rings is 1. The van der Waals surface area contributed by atoms with Crippen LogP contribution in [0, 0.1) is 0 Å². The molecule has 0 atom stereocenters. The molecule has 1 heterocycles. The number of aromatic carboxylic acids is 1. The number of anilines is 1. The molecule has 0 saturated heterocycles. The van der Waals surface area contributed by atoms with Crippen molar-refractivity contribution in [3.63, 3.8) is 0 Å². The highest BCUT2D eigenvalue weighted by Crippen LogP contribution is 2.26. The highest BCUT2D eigenvalue weighted by atomic mass is 32.2. The number of carboxylic acids is 1. The maximum atomic E-state index is 11.4.